The minimum Gasteiger partial charge on any atom is -0.364 e. The number of rotatable bonds is 5. The van der Waals surface area contributed by atoms with Crippen molar-refractivity contribution in [1.82, 2.24) is 15.0 Å². The summed E-state index contributed by atoms with van der Waals surface area (Å²) in [5.41, 5.74) is 5.74. The van der Waals surface area contributed by atoms with Crippen LogP contribution in [-0.2, 0) is 6.54 Å². The lowest BCUT2D eigenvalue weighted by atomic mass is 10.1. The van der Waals surface area contributed by atoms with E-state index in [1.54, 1.807) is 6.20 Å². The van der Waals surface area contributed by atoms with Gasteiger partial charge in [-0.15, -0.1) is 0 Å². The van der Waals surface area contributed by atoms with E-state index in [1.807, 2.05) is 31.2 Å². The molecule has 0 aliphatic carbocycles. The molecule has 5 heteroatoms. The Balaban J connectivity index is 1.80. The van der Waals surface area contributed by atoms with E-state index in [2.05, 4.69) is 58.5 Å². The van der Waals surface area contributed by atoms with E-state index in [1.165, 1.54) is 16.7 Å². The number of nitrogens with zero attached hydrogens (tertiary/aromatic N) is 3. The van der Waals surface area contributed by atoms with Gasteiger partial charge >= 0.3 is 0 Å². The molecular weight excluding hydrogens is 310 g/mol. The molecule has 128 valence electrons. The van der Waals surface area contributed by atoms with E-state index < -0.39 is 0 Å². The molecule has 3 rings (SSSR count). The van der Waals surface area contributed by atoms with Crippen molar-refractivity contribution in [3.05, 3.63) is 70.8 Å². The van der Waals surface area contributed by atoms with Gasteiger partial charge in [0.05, 0.1) is 12.2 Å². The maximum atomic E-state index is 4.51. The molecule has 1 aromatic carbocycles. The molecule has 0 saturated carbocycles. The van der Waals surface area contributed by atoms with Gasteiger partial charge in [0.15, 0.2) is 0 Å². The smallest absolute Gasteiger partial charge is 0.136 e. The normalized spacial score (nSPS) is 10.6. The Morgan fingerprint density at radius 3 is 2.28 bits per heavy atom. The molecule has 0 aliphatic rings. The van der Waals surface area contributed by atoms with Crippen LogP contribution in [0, 0.1) is 27.7 Å². The quantitative estimate of drug-likeness (QED) is 0.722. The van der Waals surface area contributed by atoms with Gasteiger partial charge in [0.25, 0.3) is 0 Å². The zero-order chi connectivity index (χ0) is 17.8. The summed E-state index contributed by atoms with van der Waals surface area (Å²) in [6, 6.07) is 12.1. The number of nitrogens with one attached hydrogen (secondary N) is 2. The van der Waals surface area contributed by atoms with Crippen molar-refractivity contribution in [2.75, 3.05) is 10.6 Å². The molecule has 0 atom stereocenters. The largest absolute Gasteiger partial charge is 0.364 e. The summed E-state index contributed by atoms with van der Waals surface area (Å²) < 4.78 is 0. The van der Waals surface area contributed by atoms with Crippen molar-refractivity contribution in [2.24, 2.45) is 0 Å². The first kappa shape index (κ1) is 16.9. The first-order valence-electron chi connectivity index (χ1n) is 8.35. The predicted molar refractivity (Wildman–Crippen MR) is 102 cm³/mol. The van der Waals surface area contributed by atoms with E-state index >= 15 is 0 Å². The molecule has 0 aliphatic heterocycles. The molecular formula is C20H23N5. The van der Waals surface area contributed by atoms with Gasteiger partial charge in [-0.1, -0.05) is 23.8 Å². The Morgan fingerprint density at radius 1 is 0.880 bits per heavy atom. The molecule has 25 heavy (non-hydrogen) atoms. The van der Waals surface area contributed by atoms with Crippen LogP contribution in [0.3, 0.4) is 0 Å². The second-order valence-electron chi connectivity index (χ2n) is 6.26. The van der Waals surface area contributed by atoms with E-state index in [9.17, 15) is 0 Å². The number of hydrogen-bond acceptors (Lipinski definition) is 5. The minimum absolute atomic E-state index is 0.624. The van der Waals surface area contributed by atoms with Crippen molar-refractivity contribution in [3.63, 3.8) is 0 Å². The van der Waals surface area contributed by atoms with Gasteiger partial charge in [0, 0.05) is 18.0 Å². The molecule has 0 bridgehead atoms. The zero-order valence-corrected chi connectivity index (χ0v) is 15.1. The minimum atomic E-state index is 0.624. The Bertz CT molecular complexity index is 852. The molecule has 0 radical (unpaired) electrons. The van der Waals surface area contributed by atoms with Crippen LogP contribution in [-0.4, -0.2) is 15.0 Å². The second kappa shape index (κ2) is 7.30. The van der Waals surface area contributed by atoms with Gasteiger partial charge in [0.2, 0.25) is 0 Å². The van der Waals surface area contributed by atoms with Crippen LogP contribution in [0.25, 0.3) is 0 Å². The summed E-state index contributed by atoms with van der Waals surface area (Å²) in [6.07, 6.45) is 1.79. The molecule has 2 heterocycles. The highest BCUT2D eigenvalue weighted by molar-refractivity contribution is 5.66. The van der Waals surface area contributed by atoms with Gasteiger partial charge < -0.3 is 10.6 Å². The molecule has 3 aromatic rings. The number of anilines is 3. The first-order chi connectivity index (χ1) is 12.0. The van der Waals surface area contributed by atoms with Crippen molar-refractivity contribution in [3.8, 4) is 0 Å². The van der Waals surface area contributed by atoms with Crippen LogP contribution in [0.5, 0.6) is 0 Å². The maximum absolute atomic E-state index is 4.51. The molecule has 2 aromatic heterocycles. The standard InChI is InChI=1S/C20H23N5/c1-13-9-14(2)20(15(3)10-13)25-19-11-18(23-16(4)24-19)22-12-17-7-5-6-8-21-17/h5-11H,12H2,1-4H3,(H2,22,23,24,25). The third kappa shape index (κ3) is 4.32. The van der Waals surface area contributed by atoms with Crippen molar-refractivity contribution in [1.29, 1.82) is 0 Å². The average molecular weight is 333 g/mol. The fourth-order valence-electron chi connectivity index (χ4n) is 2.91. The number of aromatic nitrogens is 3. The molecule has 0 fully saturated rings. The molecule has 0 spiro atoms. The molecule has 2 N–H and O–H groups in total. The van der Waals surface area contributed by atoms with Crippen LogP contribution in [0.15, 0.2) is 42.6 Å². The van der Waals surface area contributed by atoms with Gasteiger partial charge in [-0.2, -0.15) is 0 Å². The van der Waals surface area contributed by atoms with Gasteiger partial charge in [-0.25, -0.2) is 9.97 Å². The number of aryl methyl sites for hydroxylation is 4. The third-order valence-corrected chi connectivity index (χ3v) is 3.94. The molecule has 5 nitrogen and oxygen atoms in total. The van der Waals surface area contributed by atoms with Gasteiger partial charge in [-0.3, -0.25) is 4.98 Å². The van der Waals surface area contributed by atoms with Crippen LogP contribution < -0.4 is 10.6 Å². The fraction of sp³-hybridized carbons (Fsp3) is 0.250. The number of pyridine rings is 1. The Morgan fingerprint density at radius 2 is 1.60 bits per heavy atom. The first-order valence-corrected chi connectivity index (χ1v) is 8.35. The van der Waals surface area contributed by atoms with Gasteiger partial charge in [0.1, 0.15) is 17.5 Å². The summed E-state index contributed by atoms with van der Waals surface area (Å²) in [4.78, 5) is 13.3. The van der Waals surface area contributed by atoms with Crippen LogP contribution in [0.1, 0.15) is 28.2 Å². The zero-order valence-electron chi connectivity index (χ0n) is 15.1. The Labute approximate surface area is 148 Å². The number of hydrogen-bond donors (Lipinski definition) is 2. The van der Waals surface area contributed by atoms with Gasteiger partial charge in [-0.05, 0) is 51.0 Å². The molecule has 0 unspecified atom stereocenters. The third-order valence-electron chi connectivity index (χ3n) is 3.94. The number of benzene rings is 1. The van der Waals surface area contributed by atoms with Crippen LogP contribution in [0.2, 0.25) is 0 Å². The topological polar surface area (TPSA) is 62.7 Å². The monoisotopic (exact) mass is 333 g/mol. The molecule has 0 saturated heterocycles. The lowest BCUT2D eigenvalue weighted by Crippen LogP contribution is -2.06. The summed E-state index contributed by atoms with van der Waals surface area (Å²) in [6.45, 7) is 8.84. The summed E-state index contributed by atoms with van der Waals surface area (Å²) in [5, 5.41) is 6.75. The van der Waals surface area contributed by atoms with Crippen molar-refractivity contribution >= 4 is 17.3 Å². The highest BCUT2D eigenvalue weighted by Gasteiger charge is 2.07. The van der Waals surface area contributed by atoms with E-state index in [0.717, 1.165) is 28.8 Å². The second-order valence-corrected chi connectivity index (χ2v) is 6.26. The highest BCUT2D eigenvalue weighted by atomic mass is 15.1. The predicted octanol–water partition coefficient (Wildman–Crippen LogP) is 4.46. The summed E-state index contributed by atoms with van der Waals surface area (Å²) >= 11 is 0. The lowest BCUT2D eigenvalue weighted by Gasteiger charge is -2.14. The summed E-state index contributed by atoms with van der Waals surface area (Å²) in [5.74, 6) is 2.28. The maximum Gasteiger partial charge on any atom is 0.136 e. The van der Waals surface area contributed by atoms with E-state index in [0.29, 0.717) is 6.54 Å². The highest BCUT2D eigenvalue weighted by Crippen LogP contribution is 2.26. The Kier molecular flexibility index (Phi) is 4.93. The average Bonchev–Trinajstić information content (AvgIpc) is 2.57. The van der Waals surface area contributed by atoms with E-state index in [4.69, 9.17) is 0 Å². The Hall–Kier alpha value is -2.95. The van der Waals surface area contributed by atoms with Crippen LogP contribution >= 0.6 is 0 Å². The fourth-order valence-corrected chi connectivity index (χ4v) is 2.91. The van der Waals surface area contributed by atoms with Crippen molar-refractivity contribution in [2.45, 2.75) is 34.2 Å². The lowest BCUT2D eigenvalue weighted by molar-refractivity contribution is 0.996. The molecule has 0 amide bonds. The SMILES string of the molecule is Cc1cc(C)c(Nc2cc(NCc3ccccn3)nc(C)n2)c(C)c1. The summed E-state index contributed by atoms with van der Waals surface area (Å²) in [7, 11) is 0. The van der Waals surface area contributed by atoms with Crippen LogP contribution in [0.4, 0.5) is 17.3 Å². The van der Waals surface area contributed by atoms with E-state index in [-0.39, 0.29) is 0 Å². The van der Waals surface area contributed by atoms with Crippen molar-refractivity contribution < 1.29 is 0 Å².